The van der Waals surface area contributed by atoms with Gasteiger partial charge in [0.2, 0.25) is 5.91 Å². The molecule has 2 aromatic rings. The molecule has 27 heavy (non-hydrogen) atoms. The van der Waals surface area contributed by atoms with Crippen LogP contribution in [0, 0.1) is 24.0 Å². The molecule has 0 bridgehead atoms. The second-order valence-corrected chi connectivity index (χ2v) is 6.65. The molecule has 2 rings (SSSR count). The number of ether oxygens (including phenoxy) is 1. The van der Waals surface area contributed by atoms with Gasteiger partial charge in [0, 0.05) is 12.6 Å². The normalized spacial score (nSPS) is 11.9. The van der Waals surface area contributed by atoms with Crippen molar-refractivity contribution in [1.82, 2.24) is 4.90 Å². The molecule has 2 aromatic carbocycles. The van der Waals surface area contributed by atoms with Gasteiger partial charge in [0.25, 0.3) is 5.69 Å². The van der Waals surface area contributed by atoms with E-state index in [1.165, 1.54) is 36.4 Å². The van der Waals surface area contributed by atoms with Crippen LogP contribution in [0.5, 0.6) is 5.75 Å². The van der Waals surface area contributed by atoms with Gasteiger partial charge >= 0.3 is 0 Å². The lowest BCUT2D eigenvalue weighted by molar-refractivity contribution is -0.384. The Bertz CT molecular complexity index is 851. The number of nitro groups is 1. The minimum atomic E-state index is -0.506. The third-order valence-electron chi connectivity index (χ3n) is 4.61. The van der Waals surface area contributed by atoms with Gasteiger partial charge in [0.15, 0.2) is 0 Å². The van der Waals surface area contributed by atoms with Crippen LogP contribution in [0.4, 0.5) is 11.4 Å². The van der Waals surface area contributed by atoms with Crippen LogP contribution in [0.2, 0.25) is 0 Å². The number of non-ortho nitro benzene ring substituents is 1. The van der Waals surface area contributed by atoms with Gasteiger partial charge in [-0.3, -0.25) is 19.8 Å². The molecular weight excluding hydrogens is 346 g/mol. The van der Waals surface area contributed by atoms with Crippen molar-refractivity contribution in [3.63, 3.8) is 0 Å². The lowest BCUT2D eigenvalue weighted by Crippen LogP contribution is -2.39. The van der Waals surface area contributed by atoms with Crippen LogP contribution < -0.4 is 10.1 Å². The van der Waals surface area contributed by atoms with Crippen LogP contribution in [0.3, 0.4) is 0 Å². The van der Waals surface area contributed by atoms with Crippen LogP contribution in [0.15, 0.2) is 36.4 Å². The van der Waals surface area contributed by atoms with E-state index in [1.807, 2.05) is 25.8 Å². The third kappa shape index (κ3) is 5.04. The number of nitrogens with zero attached hydrogens (tertiary/aromatic N) is 2. The van der Waals surface area contributed by atoms with E-state index in [0.29, 0.717) is 12.2 Å². The van der Waals surface area contributed by atoms with Crippen molar-refractivity contribution in [2.24, 2.45) is 0 Å². The van der Waals surface area contributed by atoms with E-state index >= 15 is 0 Å². The maximum Gasteiger partial charge on any atom is 0.273 e. The lowest BCUT2D eigenvalue weighted by atomic mass is 10.0. The molecule has 7 heteroatoms. The highest BCUT2D eigenvalue weighted by molar-refractivity contribution is 5.96. The first-order valence-electron chi connectivity index (χ1n) is 8.62. The Hall–Kier alpha value is -2.93. The minimum Gasteiger partial charge on any atom is -0.494 e. The van der Waals surface area contributed by atoms with Gasteiger partial charge in [-0.1, -0.05) is 23.8 Å². The molecule has 0 saturated heterocycles. The van der Waals surface area contributed by atoms with Crippen molar-refractivity contribution in [2.45, 2.75) is 33.4 Å². The molecule has 144 valence electrons. The number of anilines is 1. The molecule has 0 spiro atoms. The Morgan fingerprint density at radius 1 is 1.26 bits per heavy atom. The van der Waals surface area contributed by atoms with Crippen molar-refractivity contribution in [1.29, 1.82) is 0 Å². The largest absolute Gasteiger partial charge is 0.494 e. The molecule has 1 N–H and O–H groups in total. The summed E-state index contributed by atoms with van der Waals surface area (Å²) in [6, 6.07) is 9.96. The van der Waals surface area contributed by atoms with Crippen LogP contribution in [0.25, 0.3) is 0 Å². The van der Waals surface area contributed by atoms with E-state index in [2.05, 4.69) is 30.4 Å². The molecule has 7 nitrogen and oxygen atoms in total. The summed E-state index contributed by atoms with van der Waals surface area (Å²) in [5, 5.41) is 13.7. The predicted molar refractivity (Wildman–Crippen MR) is 105 cm³/mol. The van der Waals surface area contributed by atoms with Gasteiger partial charge in [-0.25, -0.2) is 0 Å². The first kappa shape index (κ1) is 20.4. The highest BCUT2D eigenvalue weighted by Crippen LogP contribution is 2.29. The molecule has 0 radical (unpaired) electrons. The highest BCUT2D eigenvalue weighted by Gasteiger charge is 2.21. The van der Waals surface area contributed by atoms with Crippen LogP contribution in [-0.2, 0) is 11.3 Å². The van der Waals surface area contributed by atoms with Crippen molar-refractivity contribution >= 4 is 17.3 Å². The number of methoxy groups -OCH3 is 1. The molecule has 0 aliphatic carbocycles. The van der Waals surface area contributed by atoms with Gasteiger partial charge in [-0.05, 0) is 45.0 Å². The Morgan fingerprint density at radius 2 is 1.96 bits per heavy atom. The SMILES string of the molecule is COc1cc([N+](=O)[O-])ccc1NC(=O)[C@H](C)N(C)Cc1ccc(C)cc1C. The quantitative estimate of drug-likeness (QED) is 0.593. The van der Waals surface area contributed by atoms with E-state index in [0.717, 1.165) is 5.56 Å². The van der Waals surface area contributed by atoms with Crippen molar-refractivity contribution in [3.05, 3.63) is 63.2 Å². The zero-order valence-corrected chi connectivity index (χ0v) is 16.3. The number of hydrogen-bond acceptors (Lipinski definition) is 5. The number of carbonyl (C=O) groups excluding carboxylic acids is 1. The van der Waals surface area contributed by atoms with Crippen LogP contribution >= 0.6 is 0 Å². The molecule has 0 aromatic heterocycles. The van der Waals surface area contributed by atoms with Crippen LogP contribution in [0.1, 0.15) is 23.6 Å². The van der Waals surface area contributed by atoms with Gasteiger partial charge in [0.05, 0.1) is 29.8 Å². The lowest BCUT2D eigenvalue weighted by Gasteiger charge is -2.25. The number of carbonyl (C=O) groups is 1. The first-order chi connectivity index (χ1) is 12.7. The highest BCUT2D eigenvalue weighted by atomic mass is 16.6. The van der Waals surface area contributed by atoms with Gasteiger partial charge in [-0.15, -0.1) is 0 Å². The molecule has 0 aliphatic rings. The Balaban J connectivity index is 2.09. The Kier molecular flexibility index (Phi) is 6.52. The smallest absolute Gasteiger partial charge is 0.273 e. The average Bonchev–Trinajstić information content (AvgIpc) is 2.63. The molecule has 0 fully saturated rings. The molecule has 1 atom stereocenters. The van der Waals surface area contributed by atoms with Gasteiger partial charge in [0.1, 0.15) is 5.75 Å². The predicted octanol–water partition coefficient (Wildman–Crippen LogP) is 3.68. The molecule has 0 unspecified atom stereocenters. The van der Waals surface area contributed by atoms with Gasteiger partial charge in [-0.2, -0.15) is 0 Å². The zero-order chi connectivity index (χ0) is 20.1. The summed E-state index contributed by atoms with van der Waals surface area (Å²) in [6.07, 6.45) is 0. The number of likely N-dealkylation sites (N-methyl/N-ethyl adjacent to an activating group) is 1. The van der Waals surface area contributed by atoms with Crippen molar-refractivity contribution in [3.8, 4) is 5.75 Å². The second-order valence-electron chi connectivity index (χ2n) is 6.65. The third-order valence-corrected chi connectivity index (χ3v) is 4.61. The van der Waals surface area contributed by atoms with Gasteiger partial charge < -0.3 is 10.1 Å². The first-order valence-corrected chi connectivity index (χ1v) is 8.62. The minimum absolute atomic E-state index is 0.0927. The summed E-state index contributed by atoms with van der Waals surface area (Å²) < 4.78 is 5.17. The topological polar surface area (TPSA) is 84.7 Å². The molecular formula is C20H25N3O4. The molecule has 0 heterocycles. The van der Waals surface area contributed by atoms with E-state index in [4.69, 9.17) is 4.74 Å². The molecule has 0 saturated carbocycles. The number of rotatable bonds is 7. The monoisotopic (exact) mass is 371 g/mol. The number of nitrogens with one attached hydrogen (secondary N) is 1. The van der Waals surface area contributed by atoms with Crippen molar-refractivity contribution in [2.75, 3.05) is 19.5 Å². The standard InChI is InChI=1S/C20H25N3O4/c1-13-6-7-16(14(2)10-13)12-22(4)15(3)20(24)21-18-9-8-17(23(25)26)11-19(18)27-5/h6-11,15H,12H2,1-5H3,(H,21,24)/t15-/m0/s1. The fourth-order valence-electron chi connectivity index (χ4n) is 2.76. The summed E-state index contributed by atoms with van der Waals surface area (Å²) in [5.41, 5.74) is 3.86. The number of amides is 1. The second kappa shape index (κ2) is 8.64. The summed E-state index contributed by atoms with van der Waals surface area (Å²) in [4.78, 5) is 24.9. The summed E-state index contributed by atoms with van der Waals surface area (Å²) in [7, 11) is 3.29. The van der Waals surface area contributed by atoms with E-state index in [9.17, 15) is 14.9 Å². The van der Waals surface area contributed by atoms with E-state index in [-0.39, 0.29) is 17.3 Å². The maximum atomic E-state index is 12.6. The number of benzene rings is 2. The number of aryl methyl sites for hydroxylation is 2. The fourth-order valence-corrected chi connectivity index (χ4v) is 2.76. The Labute approximate surface area is 159 Å². The van der Waals surface area contributed by atoms with Crippen LogP contribution in [-0.4, -0.2) is 35.9 Å². The summed E-state index contributed by atoms with van der Waals surface area (Å²) in [6.45, 7) is 6.56. The maximum absolute atomic E-state index is 12.6. The number of hydrogen-bond donors (Lipinski definition) is 1. The molecule has 1 amide bonds. The molecule has 0 aliphatic heterocycles. The fraction of sp³-hybridized carbons (Fsp3) is 0.350. The summed E-state index contributed by atoms with van der Waals surface area (Å²) >= 11 is 0. The van der Waals surface area contributed by atoms with E-state index < -0.39 is 11.0 Å². The number of nitro benzene ring substituents is 1. The van der Waals surface area contributed by atoms with E-state index in [1.54, 1.807) is 0 Å². The summed E-state index contributed by atoms with van der Waals surface area (Å²) in [5.74, 6) is 0.0381. The van der Waals surface area contributed by atoms with Crippen molar-refractivity contribution < 1.29 is 14.5 Å². The zero-order valence-electron chi connectivity index (χ0n) is 16.3. The average molecular weight is 371 g/mol. The Morgan fingerprint density at radius 3 is 2.56 bits per heavy atom.